The smallest absolute Gasteiger partial charge is 0.339 e. The highest BCUT2D eigenvalue weighted by Gasteiger charge is 2.24. The van der Waals surface area contributed by atoms with Crippen LogP contribution in [0.25, 0.3) is 0 Å². The van der Waals surface area contributed by atoms with Crippen LogP contribution in [-0.4, -0.2) is 53.3 Å². The normalized spacial score (nSPS) is 10.9. The van der Waals surface area contributed by atoms with Gasteiger partial charge in [0.1, 0.15) is 6.54 Å². The van der Waals surface area contributed by atoms with Crippen molar-refractivity contribution in [2.75, 3.05) is 36.6 Å². The predicted octanol–water partition coefficient (Wildman–Crippen LogP) is 2.28. The number of benzene rings is 2. The maximum atomic E-state index is 12.8. The Hall–Kier alpha value is -3.40. The van der Waals surface area contributed by atoms with Gasteiger partial charge in [-0.3, -0.25) is 9.10 Å². The van der Waals surface area contributed by atoms with Crippen molar-refractivity contribution >= 4 is 39.2 Å². The summed E-state index contributed by atoms with van der Waals surface area (Å²) in [6, 6.07) is 9.07. The van der Waals surface area contributed by atoms with Crippen molar-refractivity contribution in [3.05, 3.63) is 58.7 Å². The minimum atomic E-state index is -3.79. The van der Waals surface area contributed by atoms with E-state index >= 15 is 0 Å². The van der Waals surface area contributed by atoms with Crippen LogP contribution in [0.15, 0.2) is 36.4 Å². The van der Waals surface area contributed by atoms with E-state index in [2.05, 4.69) is 10.1 Å². The first-order valence-corrected chi connectivity index (χ1v) is 11.0. The quantitative estimate of drug-likeness (QED) is 0.646. The van der Waals surface area contributed by atoms with Crippen LogP contribution in [0, 0.1) is 13.8 Å². The molecule has 0 saturated heterocycles. The molecule has 0 aliphatic carbocycles. The molecule has 0 aromatic heterocycles. The van der Waals surface area contributed by atoms with E-state index in [0.717, 1.165) is 16.1 Å². The molecular formula is C21H24N2O7S. The molecule has 0 bridgehead atoms. The van der Waals surface area contributed by atoms with E-state index in [1.807, 2.05) is 13.0 Å². The lowest BCUT2D eigenvalue weighted by atomic mass is 10.1. The van der Waals surface area contributed by atoms with E-state index < -0.39 is 34.4 Å². The summed E-state index contributed by atoms with van der Waals surface area (Å²) in [5.74, 6) is -2.11. The van der Waals surface area contributed by atoms with Gasteiger partial charge in [0.15, 0.2) is 0 Å². The number of nitrogens with one attached hydrogen (secondary N) is 1. The molecule has 2 rings (SSSR count). The van der Waals surface area contributed by atoms with Crippen molar-refractivity contribution < 1.29 is 32.3 Å². The second kappa shape index (κ2) is 9.61. The van der Waals surface area contributed by atoms with Crippen LogP contribution in [-0.2, 0) is 24.3 Å². The fourth-order valence-corrected chi connectivity index (χ4v) is 3.79. The van der Waals surface area contributed by atoms with E-state index in [1.165, 1.54) is 32.4 Å². The van der Waals surface area contributed by atoms with Crippen LogP contribution >= 0.6 is 0 Å². The number of aryl methyl sites for hydroxylation is 1. The second-order valence-electron chi connectivity index (χ2n) is 6.78. The van der Waals surface area contributed by atoms with Gasteiger partial charge in [-0.05, 0) is 49.2 Å². The number of sulfonamides is 1. The highest BCUT2D eigenvalue weighted by atomic mass is 32.2. The Balaban J connectivity index is 2.41. The Morgan fingerprint density at radius 3 is 2.23 bits per heavy atom. The SMILES string of the molecule is COC(=O)c1ccc(C(=O)OC)c(NC(=O)CN(c2cccc(C)c2C)S(C)(=O)=O)c1. The molecule has 0 saturated carbocycles. The number of nitrogens with zero attached hydrogens (tertiary/aromatic N) is 1. The standard InChI is InChI=1S/C21H24N2O7S/c1-13-7-6-8-18(14(13)2)23(31(5,27)28)12-19(24)22-17-11-15(20(25)29-3)9-10-16(17)21(26)30-4/h6-11H,12H2,1-5H3,(H,22,24). The molecular weight excluding hydrogens is 424 g/mol. The lowest BCUT2D eigenvalue weighted by Crippen LogP contribution is -2.38. The van der Waals surface area contributed by atoms with Crippen LogP contribution in [0.1, 0.15) is 31.8 Å². The van der Waals surface area contributed by atoms with Crippen molar-refractivity contribution in [2.45, 2.75) is 13.8 Å². The first-order chi connectivity index (χ1) is 14.5. The van der Waals surface area contributed by atoms with Gasteiger partial charge in [-0.2, -0.15) is 0 Å². The fourth-order valence-electron chi connectivity index (χ4n) is 2.89. The summed E-state index contributed by atoms with van der Waals surface area (Å²) in [5, 5.41) is 2.50. The van der Waals surface area contributed by atoms with Crippen molar-refractivity contribution in [1.29, 1.82) is 0 Å². The minimum absolute atomic E-state index is 0.00106. The molecule has 0 unspecified atom stereocenters. The van der Waals surface area contributed by atoms with Crippen molar-refractivity contribution in [3.63, 3.8) is 0 Å². The molecule has 0 radical (unpaired) electrons. The summed E-state index contributed by atoms with van der Waals surface area (Å²) in [7, 11) is -1.42. The predicted molar refractivity (Wildman–Crippen MR) is 116 cm³/mol. The highest BCUT2D eigenvalue weighted by Crippen LogP contribution is 2.25. The summed E-state index contributed by atoms with van der Waals surface area (Å²) in [6.07, 6.45) is 1.000. The molecule has 2 aromatic rings. The largest absolute Gasteiger partial charge is 0.465 e. The van der Waals surface area contributed by atoms with E-state index in [-0.39, 0.29) is 16.8 Å². The average Bonchev–Trinajstić information content (AvgIpc) is 2.72. The van der Waals surface area contributed by atoms with Gasteiger partial charge in [-0.15, -0.1) is 0 Å². The number of methoxy groups -OCH3 is 2. The van der Waals surface area contributed by atoms with Gasteiger partial charge < -0.3 is 14.8 Å². The number of esters is 2. The van der Waals surface area contributed by atoms with Gasteiger partial charge in [0.05, 0.1) is 43.0 Å². The number of carbonyl (C=O) groups excluding carboxylic acids is 3. The summed E-state index contributed by atoms with van der Waals surface area (Å²) in [6.45, 7) is 3.06. The zero-order chi connectivity index (χ0) is 23.3. The monoisotopic (exact) mass is 448 g/mol. The molecule has 0 spiro atoms. The Labute approximate surface area is 181 Å². The van der Waals surface area contributed by atoms with Gasteiger partial charge >= 0.3 is 11.9 Å². The van der Waals surface area contributed by atoms with Crippen LogP contribution in [0.4, 0.5) is 11.4 Å². The Bertz CT molecular complexity index is 1130. The molecule has 0 fully saturated rings. The summed E-state index contributed by atoms with van der Waals surface area (Å²) >= 11 is 0. The molecule has 0 aliphatic heterocycles. The van der Waals surface area contributed by atoms with E-state index in [1.54, 1.807) is 19.1 Å². The molecule has 0 atom stereocenters. The van der Waals surface area contributed by atoms with Crippen LogP contribution in [0.2, 0.25) is 0 Å². The number of rotatable bonds is 7. The number of ether oxygens (including phenoxy) is 2. The van der Waals surface area contributed by atoms with Crippen molar-refractivity contribution in [3.8, 4) is 0 Å². The van der Waals surface area contributed by atoms with Crippen LogP contribution in [0.3, 0.4) is 0 Å². The zero-order valence-electron chi connectivity index (χ0n) is 17.9. The first-order valence-electron chi connectivity index (χ1n) is 9.14. The number of hydrogen-bond acceptors (Lipinski definition) is 7. The number of anilines is 2. The Morgan fingerprint density at radius 2 is 1.65 bits per heavy atom. The molecule has 0 aliphatic rings. The lowest BCUT2D eigenvalue weighted by Gasteiger charge is -2.24. The van der Waals surface area contributed by atoms with Gasteiger partial charge in [0, 0.05) is 0 Å². The third-order valence-corrected chi connectivity index (χ3v) is 5.78. The van der Waals surface area contributed by atoms with E-state index in [0.29, 0.717) is 11.3 Å². The fraction of sp³-hybridized carbons (Fsp3) is 0.286. The van der Waals surface area contributed by atoms with Crippen LogP contribution in [0.5, 0.6) is 0 Å². The summed E-state index contributed by atoms with van der Waals surface area (Å²) < 4.78 is 35.1. The van der Waals surface area contributed by atoms with E-state index in [4.69, 9.17) is 4.74 Å². The molecule has 31 heavy (non-hydrogen) atoms. The first kappa shape index (κ1) is 23.9. The van der Waals surface area contributed by atoms with Crippen LogP contribution < -0.4 is 9.62 Å². The maximum Gasteiger partial charge on any atom is 0.339 e. The molecule has 166 valence electrons. The van der Waals surface area contributed by atoms with Gasteiger partial charge in [-0.1, -0.05) is 12.1 Å². The average molecular weight is 448 g/mol. The molecule has 9 nitrogen and oxygen atoms in total. The minimum Gasteiger partial charge on any atom is -0.465 e. The summed E-state index contributed by atoms with van der Waals surface area (Å²) in [5.41, 5.74) is 2.04. The number of amides is 1. The van der Waals surface area contributed by atoms with Crippen molar-refractivity contribution in [1.82, 2.24) is 0 Å². The van der Waals surface area contributed by atoms with Gasteiger partial charge in [0.2, 0.25) is 15.9 Å². The van der Waals surface area contributed by atoms with E-state index in [9.17, 15) is 22.8 Å². The topological polar surface area (TPSA) is 119 Å². The molecule has 10 heteroatoms. The lowest BCUT2D eigenvalue weighted by molar-refractivity contribution is -0.114. The molecule has 2 aromatic carbocycles. The zero-order valence-corrected chi connectivity index (χ0v) is 18.7. The maximum absolute atomic E-state index is 12.8. The highest BCUT2D eigenvalue weighted by molar-refractivity contribution is 7.92. The second-order valence-corrected chi connectivity index (χ2v) is 8.69. The van der Waals surface area contributed by atoms with Gasteiger partial charge in [-0.25, -0.2) is 18.0 Å². The third-order valence-electron chi connectivity index (χ3n) is 4.65. The van der Waals surface area contributed by atoms with Crippen molar-refractivity contribution in [2.24, 2.45) is 0 Å². The molecule has 1 amide bonds. The van der Waals surface area contributed by atoms with Gasteiger partial charge in [0.25, 0.3) is 0 Å². The Morgan fingerprint density at radius 1 is 1.00 bits per heavy atom. The molecule has 0 heterocycles. The number of hydrogen-bond donors (Lipinski definition) is 1. The molecule has 1 N–H and O–H groups in total. The summed E-state index contributed by atoms with van der Waals surface area (Å²) in [4.78, 5) is 36.7. The number of carbonyl (C=O) groups is 3. The Kier molecular flexibility index (Phi) is 7.40. The third kappa shape index (κ3) is 5.60.